The van der Waals surface area contributed by atoms with Gasteiger partial charge >= 0.3 is 12.1 Å². The van der Waals surface area contributed by atoms with Gasteiger partial charge in [0, 0.05) is 23.9 Å². The molecule has 0 aromatic carbocycles. The average Bonchev–Trinajstić information content (AvgIpc) is 3.00. The molecule has 22 heavy (non-hydrogen) atoms. The third-order valence-electron chi connectivity index (χ3n) is 3.35. The second kappa shape index (κ2) is 4.61. The lowest BCUT2D eigenvalue weighted by molar-refractivity contribution is -0.255. The van der Waals surface area contributed by atoms with Gasteiger partial charge < -0.3 is 19.8 Å². The van der Waals surface area contributed by atoms with Crippen molar-refractivity contribution in [2.75, 3.05) is 5.32 Å². The average molecular weight is 313 g/mol. The van der Waals surface area contributed by atoms with Crippen molar-refractivity contribution in [2.45, 2.75) is 19.1 Å². The fourth-order valence-electron chi connectivity index (χ4n) is 2.35. The van der Waals surface area contributed by atoms with Crippen LogP contribution in [0.1, 0.15) is 15.9 Å². The Morgan fingerprint density at radius 2 is 2.14 bits per heavy atom. The molecule has 0 saturated heterocycles. The zero-order valence-electron chi connectivity index (χ0n) is 10.8. The summed E-state index contributed by atoms with van der Waals surface area (Å²) in [5, 5.41) is 18.8. The summed E-state index contributed by atoms with van der Waals surface area (Å²) in [5.41, 5.74) is 1.18. The number of aryl methyl sites for hydroxylation is 1. The molecule has 0 unspecified atom stereocenters. The van der Waals surface area contributed by atoms with E-state index in [-0.39, 0.29) is 11.4 Å². The predicted molar refractivity (Wildman–Crippen MR) is 64.7 cm³/mol. The third kappa shape index (κ3) is 2.22. The first kappa shape index (κ1) is 14.2. The molecule has 0 radical (unpaired) electrons. The van der Waals surface area contributed by atoms with Crippen molar-refractivity contribution >= 4 is 17.7 Å². The van der Waals surface area contributed by atoms with Gasteiger partial charge in [-0.1, -0.05) is 0 Å². The second-order valence-corrected chi connectivity index (χ2v) is 4.72. The van der Waals surface area contributed by atoms with Crippen LogP contribution in [0, 0.1) is 0 Å². The summed E-state index contributed by atoms with van der Waals surface area (Å²) in [5.74, 6) is -3.67. The number of amides is 1. The summed E-state index contributed by atoms with van der Waals surface area (Å²) >= 11 is 0. The summed E-state index contributed by atoms with van der Waals surface area (Å²) in [6.45, 7) is 0.351. The summed E-state index contributed by atoms with van der Waals surface area (Å²) < 4.78 is 38.5. The third-order valence-corrected chi connectivity index (χ3v) is 3.35. The monoisotopic (exact) mass is 313 g/mol. The molecule has 116 valence electrons. The van der Waals surface area contributed by atoms with E-state index in [9.17, 15) is 27.9 Å². The van der Waals surface area contributed by atoms with Crippen LogP contribution in [-0.2, 0) is 17.8 Å². The zero-order valence-corrected chi connectivity index (χ0v) is 10.8. The van der Waals surface area contributed by atoms with Crippen molar-refractivity contribution in [3.05, 3.63) is 23.4 Å². The first-order valence-electron chi connectivity index (χ1n) is 6.14. The van der Waals surface area contributed by atoms with Crippen molar-refractivity contribution in [1.82, 2.24) is 14.8 Å². The normalized spacial score (nSPS) is 13.4. The Balaban J connectivity index is 1.96. The molecule has 1 aliphatic heterocycles. The fourth-order valence-corrected chi connectivity index (χ4v) is 2.35. The number of fused-ring (bicyclic) bond motifs is 3. The van der Waals surface area contributed by atoms with Gasteiger partial charge in [0.1, 0.15) is 0 Å². The maximum absolute atomic E-state index is 12.3. The number of aromatic amines is 1. The van der Waals surface area contributed by atoms with Gasteiger partial charge in [0.05, 0.1) is 17.4 Å². The van der Waals surface area contributed by atoms with Gasteiger partial charge in [-0.05, 0) is 12.5 Å². The van der Waals surface area contributed by atoms with E-state index in [2.05, 4.69) is 10.2 Å². The van der Waals surface area contributed by atoms with Crippen molar-refractivity contribution in [1.29, 1.82) is 0 Å². The number of nitrogens with one attached hydrogen (secondary N) is 2. The summed E-state index contributed by atoms with van der Waals surface area (Å²) in [6.07, 6.45) is -3.33. The highest BCUT2D eigenvalue weighted by atomic mass is 19.4. The van der Waals surface area contributed by atoms with E-state index in [0.29, 0.717) is 29.9 Å². The number of H-pyrrole nitrogens is 1. The van der Waals surface area contributed by atoms with Crippen LogP contribution in [-0.4, -0.2) is 32.8 Å². The van der Waals surface area contributed by atoms with Crippen LogP contribution < -0.4 is 10.4 Å². The number of carboxylic acids is 1. The van der Waals surface area contributed by atoms with Gasteiger partial charge in [0.2, 0.25) is 0 Å². The molecule has 0 bridgehead atoms. The first-order chi connectivity index (χ1) is 10.3. The molecular weight excluding hydrogens is 305 g/mol. The smallest absolute Gasteiger partial charge is 0.471 e. The highest BCUT2D eigenvalue weighted by Gasteiger charge is 2.39. The highest BCUT2D eigenvalue weighted by Crippen LogP contribution is 2.33. The number of nitrogens with zero attached hydrogens (tertiary/aromatic N) is 2. The Hall–Kier alpha value is -2.78. The van der Waals surface area contributed by atoms with E-state index in [1.165, 1.54) is 12.3 Å². The number of carbonyl (C=O) groups is 2. The Labute approximate surface area is 120 Å². The molecule has 0 saturated carbocycles. The molecule has 1 aliphatic rings. The maximum atomic E-state index is 12.3. The van der Waals surface area contributed by atoms with Crippen LogP contribution in [0.5, 0.6) is 0 Å². The topological polar surface area (TPSA) is 103 Å². The van der Waals surface area contributed by atoms with E-state index in [1.807, 2.05) is 0 Å². The summed E-state index contributed by atoms with van der Waals surface area (Å²) in [7, 11) is 0. The van der Waals surface area contributed by atoms with Gasteiger partial charge in [-0.3, -0.25) is 9.89 Å². The highest BCUT2D eigenvalue weighted by molar-refractivity contribution is 5.95. The van der Waals surface area contributed by atoms with E-state index < -0.39 is 18.1 Å². The fraction of sp³-hybridized carbons (Fsp3) is 0.250. The lowest BCUT2D eigenvalue weighted by Crippen LogP contribution is -2.30. The van der Waals surface area contributed by atoms with Gasteiger partial charge in [0.15, 0.2) is 5.82 Å². The molecule has 1 amide bonds. The van der Waals surface area contributed by atoms with Crippen LogP contribution in [0.2, 0.25) is 0 Å². The van der Waals surface area contributed by atoms with Gasteiger partial charge in [0.25, 0.3) is 0 Å². The second-order valence-electron chi connectivity index (χ2n) is 4.72. The van der Waals surface area contributed by atoms with E-state index >= 15 is 0 Å². The Morgan fingerprint density at radius 3 is 2.77 bits per heavy atom. The molecular formula is C12H8F3N4O3-. The minimum absolute atomic E-state index is 0.0432. The van der Waals surface area contributed by atoms with Crippen molar-refractivity contribution in [3.63, 3.8) is 0 Å². The number of alkyl halides is 3. The number of hydrogen-bond acceptors (Lipinski definition) is 4. The summed E-state index contributed by atoms with van der Waals surface area (Å²) in [4.78, 5) is 21.8. The SMILES string of the molecule is O=C([O-])c1cc2n(c1)CCc1c(NC(=O)C(F)(F)F)n[nH]c1-2. The molecule has 3 rings (SSSR count). The van der Waals surface area contributed by atoms with Crippen LogP contribution in [0.15, 0.2) is 12.3 Å². The number of anilines is 1. The molecule has 0 atom stereocenters. The first-order valence-corrected chi connectivity index (χ1v) is 6.14. The number of carboxylic acid groups (broad SMARTS) is 1. The van der Waals surface area contributed by atoms with Crippen molar-refractivity contribution in [2.24, 2.45) is 0 Å². The standard InChI is InChI=1S/C12H9F3N4O3/c13-12(14,15)11(22)16-9-6-1-2-19-4-5(10(20)21)3-7(19)8(6)17-18-9/h3-4H,1-2H2,(H,20,21)(H2,16,17,18,22)/p-1. The lowest BCUT2D eigenvalue weighted by atomic mass is 10.1. The van der Waals surface area contributed by atoms with Gasteiger partial charge in [-0.25, -0.2) is 0 Å². The van der Waals surface area contributed by atoms with E-state index in [0.717, 1.165) is 0 Å². The molecule has 2 N–H and O–H groups in total. The molecule has 0 aliphatic carbocycles. The van der Waals surface area contributed by atoms with Crippen LogP contribution in [0.4, 0.5) is 19.0 Å². The number of aromatic nitrogens is 3. The quantitative estimate of drug-likeness (QED) is 0.832. The summed E-state index contributed by atoms with van der Waals surface area (Å²) in [6, 6.07) is 1.33. The van der Waals surface area contributed by atoms with E-state index in [4.69, 9.17) is 0 Å². The van der Waals surface area contributed by atoms with E-state index in [1.54, 1.807) is 9.88 Å². The lowest BCUT2D eigenvalue weighted by Gasteiger charge is -2.16. The van der Waals surface area contributed by atoms with Gasteiger partial charge in [-0.2, -0.15) is 18.3 Å². The molecule has 3 heterocycles. The van der Waals surface area contributed by atoms with Crippen LogP contribution in [0.3, 0.4) is 0 Å². The number of rotatable bonds is 2. The Kier molecular flexibility index (Phi) is 2.97. The number of hydrogen-bond donors (Lipinski definition) is 2. The molecule has 7 nitrogen and oxygen atoms in total. The maximum Gasteiger partial charge on any atom is 0.471 e. The predicted octanol–water partition coefficient (Wildman–Crippen LogP) is 0.299. The largest absolute Gasteiger partial charge is 0.545 e. The molecule has 0 spiro atoms. The van der Waals surface area contributed by atoms with Crippen molar-refractivity contribution in [3.8, 4) is 11.4 Å². The van der Waals surface area contributed by atoms with Crippen LogP contribution in [0.25, 0.3) is 11.4 Å². The number of aromatic carboxylic acids is 1. The molecule has 0 fully saturated rings. The Morgan fingerprint density at radius 1 is 1.41 bits per heavy atom. The molecule has 2 aromatic rings. The zero-order chi connectivity index (χ0) is 16.1. The van der Waals surface area contributed by atoms with Crippen LogP contribution >= 0.6 is 0 Å². The minimum atomic E-state index is -5.01. The Bertz CT molecular complexity index is 775. The molecule has 2 aromatic heterocycles. The molecule has 10 heteroatoms. The minimum Gasteiger partial charge on any atom is -0.545 e. The number of carbonyl (C=O) groups excluding carboxylic acids is 2. The van der Waals surface area contributed by atoms with Gasteiger partial charge in [-0.15, -0.1) is 0 Å². The number of halogens is 3. The van der Waals surface area contributed by atoms with Crippen molar-refractivity contribution < 1.29 is 27.9 Å².